The van der Waals surface area contributed by atoms with E-state index in [2.05, 4.69) is 27.0 Å². The summed E-state index contributed by atoms with van der Waals surface area (Å²) in [4.78, 5) is 25.9. The molecule has 4 unspecified atom stereocenters. The first-order chi connectivity index (χ1) is 20.9. The molecule has 4 aromatic rings. The fraction of sp³-hybridized carbons (Fsp3) is 0.467. The molecule has 1 aliphatic carbocycles. The third-order valence-electron chi connectivity index (χ3n) is 7.87. The molecular weight excluding hydrogens is 571 g/mol. The molecule has 2 fully saturated rings. The zero-order valence-corrected chi connectivity index (χ0v) is 25.4. The Bertz CT molecular complexity index is 1570. The van der Waals surface area contributed by atoms with E-state index in [9.17, 15) is 4.79 Å². The molecule has 6 rings (SSSR count). The molecule has 12 nitrogen and oxygen atoms in total. The van der Waals surface area contributed by atoms with Crippen molar-refractivity contribution in [3.63, 3.8) is 0 Å². The minimum Gasteiger partial charge on any atom is -0.479 e. The van der Waals surface area contributed by atoms with Gasteiger partial charge in [-0.1, -0.05) is 43.3 Å². The number of aromatic nitrogens is 4. The average molecular weight is 609 g/mol. The second-order valence-electron chi connectivity index (χ2n) is 11.1. The van der Waals surface area contributed by atoms with Crippen LogP contribution >= 0.6 is 8.53 Å². The van der Waals surface area contributed by atoms with Gasteiger partial charge in [-0.15, -0.1) is 0 Å². The highest BCUT2D eigenvalue weighted by Gasteiger charge is 2.36. The molecule has 0 spiro atoms. The lowest BCUT2D eigenvalue weighted by atomic mass is 10.1. The molecule has 2 aliphatic rings. The van der Waals surface area contributed by atoms with E-state index in [1.165, 1.54) is 7.11 Å². The maximum absolute atomic E-state index is 12.9. The van der Waals surface area contributed by atoms with Crippen LogP contribution in [0.15, 0.2) is 48.8 Å². The summed E-state index contributed by atoms with van der Waals surface area (Å²) in [5, 5.41) is 5.26. The fourth-order valence-electron chi connectivity index (χ4n) is 5.69. The number of hydrogen-bond donors (Lipinski definition) is 2. The predicted octanol–water partition coefficient (Wildman–Crippen LogP) is 5.28. The monoisotopic (exact) mass is 608 g/mol. The van der Waals surface area contributed by atoms with Crippen molar-refractivity contribution in [1.82, 2.24) is 24.6 Å². The second-order valence-corrected chi connectivity index (χ2v) is 12.3. The van der Waals surface area contributed by atoms with Gasteiger partial charge in [-0.3, -0.25) is 9.36 Å². The lowest BCUT2D eigenvalue weighted by molar-refractivity contribution is -0.150. The second kappa shape index (κ2) is 13.0. The number of hydrogen-bond acceptors (Lipinski definition) is 11. The molecule has 5 atom stereocenters. The Morgan fingerprint density at radius 2 is 1.98 bits per heavy atom. The molecule has 1 aliphatic heterocycles. The Hall–Kier alpha value is -3.57. The number of methoxy groups -OCH3 is 1. The van der Waals surface area contributed by atoms with Gasteiger partial charge in [0.2, 0.25) is 11.8 Å². The average Bonchev–Trinajstić information content (AvgIpc) is 3.76. The number of carbonyl (C=O) groups is 1. The van der Waals surface area contributed by atoms with E-state index >= 15 is 0 Å². The van der Waals surface area contributed by atoms with Crippen LogP contribution in [0, 0.1) is 5.92 Å². The van der Waals surface area contributed by atoms with Gasteiger partial charge in [0, 0.05) is 11.3 Å². The van der Waals surface area contributed by atoms with Gasteiger partial charge in [-0.2, -0.15) is 9.97 Å². The zero-order valence-electron chi connectivity index (χ0n) is 24.5. The van der Waals surface area contributed by atoms with Crippen LogP contribution in [-0.4, -0.2) is 57.5 Å². The molecule has 3 heterocycles. The summed E-state index contributed by atoms with van der Waals surface area (Å²) >= 11 is 0. The Balaban J connectivity index is 1.16. The van der Waals surface area contributed by atoms with Crippen molar-refractivity contribution < 1.29 is 28.1 Å². The number of esters is 1. The van der Waals surface area contributed by atoms with Crippen LogP contribution in [0.2, 0.25) is 0 Å². The van der Waals surface area contributed by atoms with Crippen LogP contribution < -0.4 is 20.1 Å². The van der Waals surface area contributed by atoms with Crippen LogP contribution in [0.5, 0.6) is 11.6 Å². The predicted molar refractivity (Wildman–Crippen MR) is 162 cm³/mol. The van der Waals surface area contributed by atoms with Gasteiger partial charge in [0.25, 0.3) is 0 Å². The van der Waals surface area contributed by atoms with E-state index in [-0.39, 0.29) is 42.9 Å². The van der Waals surface area contributed by atoms with Gasteiger partial charge in [0.1, 0.15) is 24.1 Å². The Morgan fingerprint density at radius 3 is 2.79 bits per heavy atom. The summed E-state index contributed by atoms with van der Waals surface area (Å²) in [7, 11) is -0.214. The molecule has 2 aromatic heterocycles. The van der Waals surface area contributed by atoms with Crippen molar-refractivity contribution in [3.8, 4) is 11.6 Å². The number of benzene rings is 2. The number of nitrogen functional groups attached to an aromatic ring is 1. The van der Waals surface area contributed by atoms with Gasteiger partial charge in [0.05, 0.1) is 26.1 Å². The summed E-state index contributed by atoms with van der Waals surface area (Å²) in [6.07, 6.45) is 5.80. The van der Waals surface area contributed by atoms with Crippen LogP contribution in [0.3, 0.4) is 0 Å². The smallest absolute Gasteiger partial charge is 0.323 e. The Labute approximate surface area is 251 Å². The van der Waals surface area contributed by atoms with E-state index in [0.29, 0.717) is 22.8 Å². The SMILES string of the molecule is COc1nc(N)nc2c1ncn2C1OC(COP(NC(C)C(=O)OC2CCCC2)Oc2cccc3ccccc23)C[C@@H]1C. The topological polar surface area (TPSA) is 145 Å². The quantitative estimate of drug-likeness (QED) is 0.169. The number of imidazole rings is 1. The van der Waals surface area contributed by atoms with Gasteiger partial charge in [-0.05, 0) is 50.5 Å². The number of anilines is 1. The highest BCUT2D eigenvalue weighted by Crippen LogP contribution is 2.42. The van der Waals surface area contributed by atoms with Crippen molar-refractivity contribution in [3.05, 3.63) is 48.8 Å². The lowest BCUT2D eigenvalue weighted by Gasteiger charge is -2.24. The first-order valence-electron chi connectivity index (χ1n) is 14.6. The summed E-state index contributed by atoms with van der Waals surface area (Å²) in [5.41, 5.74) is 6.98. The van der Waals surface area contributed by atoms with Crippen molar-refractivity contribution in [2.45, 2.75) is 70.4 Å². The number of fused-ring (bicyclic) bond motifs is 2. The maximum Gasteiger partial charge on any atom is 0.323 e. The van der Waals surface area contributed by atoms with E-state index in [1.807, 2.05) is 47.0 Å². The number of nitrogens with zero attached hydrogens (tertiary/aromatic N) is 4. The summed E-state index contributed by atoms with van der Waals surface area (Å²) in [5.74, 6) is 0.905. The first kappa shape index (κ1) is 29.5. The third kappa shape index (κ3) is 6.52. The van der Waals surface area contributed by atoms with Crippen molar-refractivity contribution in [1.29, 1.82) is 0 Å². The highest BCUT2D eigenvalue weighted by atomic mass is 31.2. The van der Waals surface area contributed by atoms with E-state index in [4.69, 9.17) is 29.0 Å². The van der Waals surface area contributed by atoms with Crippen molar-refractivity contribution in [2.24, 2.45) is 5.92 Å². The molecule has 1 saturated carbocycles. The minimum absolute atomic E-state index is 0.0203. The molecule has 0 amide bonds. The van der Waals surface area contributed by atoms with Crippen molar-refractivity contribution in [2.75, 3.05) is 19.5 Å². The van der Waals surface area contributed by atoms with Gasteiger partial charge >= 0.3 is 14.5 Å². The molecule has 2 aromatic carbocycles. The van der Waals surface area contributed by atoms with Gasteiger partial charge in [-0.25, -0.2) is 10.1 Å². The minimum atomic E-state index is -1.73. The maximum atomic E-state index is 12.9. The largest absolute Gasteiger partial charge is 0.479 e. The number of nitrogens with two attached hydrogens (primary N) is 1. The van der Waals surface area contributed by atoms with Crippen LogP contribution in [0.1, 0.15) is 52.2 Å². The first-order valence-corrected chi connectivity index (χ1v) is 15.8. The van der Waals surface area contributed by atoms with Crippen molar-refractivity contribution >= 4 is 42.4 Å². The van der Waals surface area contributed by atoms with E-state index in [1.54, 1.807) is 13.3 Å². The Kier molecular flexibility index (Phi) is 8.90. The summed E-state index contributed by atoms with van der Waals surface area (Å²) in [6, 6.07) is 13.2. The normalized spacial score (nSPS) is 22.2. The molecule has 228 valence electrons. The molecule has 3 N–H and O–H groups in total. The van der Waals surface area contributed by atoms with E-state index < -0.39 is 14.6 Å². The Morgan fingerprint density at radius 1 is 1.19 bits per heavy atom. The summed E-state index contributed by atoms with van der Waals surface area (Å²) < 4.78 is 32.1. The molecule has 43 heavy (non-hydrogen) atoms. The molecule has 0 radical (unpaired) electrons. The van der Waals surface area contributed by atoms with Crippen LogP contribution in [-0.2, 0) is 18.8 Å². The number of carbonyl (C=O) groups excluding carboxylic acids is 1. The lowest BCUT2D eigenvalue weighted by Crippen LogP contribution is -2.35. The molecule has 1 saturated heterocycles. The van der Waals surface area contributed by atoms with Crippen LogP contribution in [0.25, 0.3) is 21.9 Å². The van der Waals surface area contributed by atoms with Gasteiger partial charge in [0.15, 0.2) is 11.2 Å². The number of nitrogens with one attached hydrogen (secondary N) is 1. The molecule has 13 heteroatoms. The van der Waals surface area contributed by atoms with E-state index in [0.717, 1.165) is 42.9 Å². The number of rotatable bonds is 11. The number of ether oxygens (including phenoxy) is 3. The molecular formula is C30H37N6O6P. The summed E-state index contributed by atoms with van der Waals surface area (Å²) in [6.45, 7) is 4.13. The highest BCUT2D eigenvalue weighted by molar-refractivity contribution is 7.45. The van der Waals surface area contributed by atoms with Gasteiger partial charge < -0.3 is 29.0 Å². The molecule has 0 bridgehead atoms. The fourth-order valence-corrected chi connectivity index (χ4v) is 6.93. The third-order valence-corrected chi connectivity index (χ3v) is 9.22. The standard InChI is InChI=1S/C30H37N6O6P/c1-18-15-22(40-28(18)36-17-32-25-26(36)33-30(31)34-27(25)38-3)16-39-43(35-19(2)29(37)41-21-11-5-6-12-21)42-24-14-8-10-20-9-4-7-13-23(20)24/h4,7-10,13-14,17-19,21-22,28,35H,5-6,11-12,15-16H2,1-3H3,(H2,31,33,34)/t18-,19?,22?,28?,43?/m0/s1. The van der Waals surface area contributed by atoms with Crippen LogP contribution in [0.4, 0.5) is 5.95 Å². The zero-order chi connectivity index (χ0) is 29.9.